The number of benzene rings is 2. The lowest BCUT2D eigenvalue weighted by Crippen LogP contribution is -2.49. The van der Waals surface area contributed by atoms with E-state index in [0.29, 0.717) is 18.5 Å². The van der Waals surface area contributed by atoms with Crippen LogP contribution < -0.4 is 21.1 Å². The molecule has 3 amide bonds. The number of para-hydroxylation sites is 1. The number of carbonyl (C=O) groups excluding carboxylic acids is 3. The van der Waals surface area contributed by atoms with Crippen LogP contribution in [0.2, 0.25) is 0 Å². The van der Waals surface area contributed by atoms with Crippen LogP contribution in [0.4, 0.5) is 5.69 Å². The van der Waals surface area contributed by atoms with Gasteiger partial charge >= 0.3 is 0 Å². The Labute approximate surface area is 176 Å². The average molecular weight is 409 g/mol. The van der Waals surface area contributed by atoms with Crippen molar-refractivity contribution in [3.05, 3.63) is 66.2 Å². The molecule has 0 radical (unpaired) electrons. The highest BCUT2D eigenvalue weighted by atomic mass is 16.2. The largest absolute Gasteiger partial charge is 0.369 e. The summed E-state index contributed by atoms with van der Waals surface area (Å²) in [4.78, 5) is 40.3. The van der Waals surface area contributed by atoms with Gasteiger partial charge in [-0.15, -0.1) is 0 Å². The van der Waals surface area contributed by atoms with Crippen LogP contribution in [0, 0.1) is 0 Å². The fourth-order valence-corrected chi connectivity index (χ4v) is 3.23. The standard InChI is InChI=1S/C22H27N5O3/c28-20(24-25-21(29)17-23-22(30)18-7-3-1-4-8-18)11-12-26-13-15-27(16-14-26)19-9-5-2-6-10-19/h1-10H,11-17H2,(H,23,30)(H,24,28)(H,25,29). The SMILES string of the molecule is O=C(CCN1CCN(c2ccccc2)CC1)NNC(=O)CNC(=O)c1ccccc1. The first-order valence-electron chi connectivity index (χ1n) is 10.0. The van der Waals surface area contributed by atoms with E-state index in [0.717, 1.165) is 26.2 Å². The zero-order valence-electron chi connectivity index (χ0n) is 16.8. The van der Waals surface area contributed by atoms with Gasteiger partial charge in [0.1, 0.15) is 0 Å². The van der Waals surface area contributed by atoms with E-state index in [-0.39, 0.29) is 18.4 Å². The molecule has 1 aliphatic rings. The number of nitrogens with one attached hydrogen (secondary N) is 3. The lowest BCUT2D eigenvalue weighted by Gasteiger charge is -2.36. The maximum absolute atomic E-state index is 12.0. The van der Waals surface area contributed by atoms with Crippen molar-refractivity contribution < 1.29 is 14.4 Å². The Kier molecular flexibility index (Phi) is 7.79. The normalized spacial score (nSPS) is 14.1. The van der Waals surface area contributed by atoms with Crippen LogP contribution in [0.5, 0.6) is 0 Å². The first kappa shape index (κ1) is 21.3. The maximum Gasteiger partial charge on any atom is 0.257 e. The molecule has 30 heavy (non-hydrogen) atoms. The third-order valence-electron chi connectivity index (χ3n) is 4.94. The summed E-state index contributed by atoms with van der Waals surface area (Å²) in [6, 6.07) is 18.9. The zero-order valence-corrected chi connectivity index (χ0v) is 16.8. The molecule has 0 atom stereocenters. The molecule has 0 saturated carbocycles. The van der Waals surface area contributed by atoms with Gasteiger partial charge in [-0.1, -0.05) is 36.4 Å². The number of hydrazine groups is 1. The Morgan fingerprint density at radius 1 is 0.767 bits per heavy atom. The quantitative estimate of drug-likeness (QED) is 0.588. The minimum absolute atomic E-state index is 0.213. The van der Waals surface area contributed by atoms with E-state index in [1.165, 1.54) is 5.69 Å². The number of carbonyl (C=O) groups is 3. The predicted octanol–water partition coefficient (Wildman–Crippen LogP) is 0.776. The highest BCUT2D eigenvalue weighted by Crippen LogP contribution is 2.15. The van der Waals surface area contributed by atoms with E-state index in [1.807, 2.05) is 24.3 Å². The summed E-state index contributed by atoms with van der Waals surface area (Å²) in [6.07, 6.45) is 0.294. The molecule has 1 aliphatic heterocycles. The molecule has 1 saturated heterocycles. The van der Waals surface area contributed by atoms with E-state index in [2.05, 4.69) is 38.1 Å². The first-order valence-corrected chi connectivity index (χ1v) is 10.0. The second-order valence-electron chi connectivity index (χ2n) is 7.06. The van der Waals surface area contributed by atoms with Gasteiger partial charge in [-0.3, -0.25) is 30.1 Å². The minimum atomic E-state index is -0.482. The second-order valence-corrected chi connectivity index (χ2v) is 7.06. The van der Waals surface area contributed by atoms with Crippen LogP contribution in [-0.4, -0.2) is 61.9 Å². The maximum atomic E-state index is 12.0. The van der Waals surface area contributed by atoms with Crippen molar-refractivity contribution in [2.24, 2.45) is 0 Å². The van der Waals surface area contributed by atoms with Gasteiger partial charge in [0.2, 0.25) is 5.91 Å². The Balaban J connectivity index is 1.28. The Hall–Kier alpha value is -3.39. The summed E-state index contributed by atoms with van der Waals surface area (Å²) in [5, 5.41) is 2.51. The molecule has 3 rings (SSSR count). The van der Waals surface area contributed by atoms with Gasteiger partial charge in [-0.2, -0.15) is 0 Å². The number of amides is 3. The van der Waals surface area contributed by atoms with Gasteiger partial charge in [0, 0.05) is 50.4 Å². The second kappa shape index (κ2) is 11.0. The summed E-state index contributed by atoms with van der Waals surface area (Å²) >= 11 is 0. The molecule has 1 fully saturated rings. The number of hydrogen-bond donors (Lipinski definition) is 3. The number of nitrogens with zero attached hydrogens (tertiary/aromatic N) is 2. The van der Waals surface area contributed by atoms with Crippen molar-refractivity contribution in [2.75, 3.05) is 44.2 Å². The molecule has 0 aromatic heterocycles. The minimum Gasteiger partial charge on any atom is -0.369 e. The molecular weight excluding hydrogens is 382 g/mol. The van der Waals surface area contributed by atoms with Crippen molar-refractivity contribution in [3.63, 3.8) is 0 Å². The molecule has 8 heteroatoms. The molecular formula is C22H27N5O3. The number of piperazine rings is 1. The van der Waals surface area contributed by atoms with E-state index in [1.54, 1.807) is 24.3 Å². The van der Waals surface area contributed by atoms with Gasteiger partial charge in [0.05, 0.1) is 6.54 Å². The topological polar surface area (TPSA) is 93.8 Å². The summed E-state index contributed by atoms with van der Waals surface area (Å²) in [5.74, 6) is -1.08. The Morgan fingerprint density at radius 3 is 2.03 bits per heavy atom. The molecule has 0 spiro atoms. The van der Waals surface area contributed by atoms with Crippen LogP contribution in [0.3, 0.4) is 0 Å². The number of rotatable bonds is 7. The van der Waals surface area contributed by atoms with Crippen LogP contribution >= 0.6 is 0 Å². The predicted molar refractivity (Wildman–Crippen MR) is 115 cm³/mol. The van der Waals surface area contributed by atoms with Crippen molar-refractivity contribution in [1.29, 1.82) is 0 Å². The summed E-state index contributed by atoms with van der Waals surface area (Å²) < 4.78 is 0. The Morgan fingerprint density at radius 2 is 1.37 bits per heavy atom. The molecule has 3 N–H and O–H groups in total. The highest BCUT2D eigenvalue weighted by molar-refractivity contribution is 5.96. The van der Waals surface area contributed by atoms with E-state index < -0.39 is 5.91 Å². The Bertz CT molecular complexity index is 836. The van der Waals surface area contributed by atoms with Crippen LogP contribution in [0.1, 0.15) is 16.8 Å². The lowest BCUT2D eigenvalue weighted by molar-refractivity contribution is -0.128. The molecule has 0 unspecified atom stereocenters. The lowest BCUT2D eigenvalue weighted by atomic mass is 10.2. The van der Waals surface area contributed by atoms with Gasteiger partial charge in [0.25, 0.3) is 11.8 Å². The van der Waals surface area contributed by atoms with Crippen LogP contribution in [0.15, 0.2) is 60.7 Å². The fourth-order valence-electron chi connectivity index (χ4n) is 3.23. The molecule has 2 aromatic carbocycles. The van der Waals surface area contributed by atoms with Gasteiger partial charge in [0.15, 0.2) is 0 Å². The summed E-state index contributed by atoms with van der Waals surface area (Å²) in [7, 11) is 0. The number of hydrogen-bond acceptors (Lipinski definition) is 5. The molecule has 2 aromatic rings. The van der Waals surface area contributed by atoms with Crippen LogP contribution in [-0.2, 0) is 9.59 Å². The highest BCUT2D eigenvalue weighted by Gasteiger charge is 2.17. The van der Waals surface area contributed by atoms with Crippen molar-refractivity contribution in [2.45, 2.75) is 6.42 Å². The van der Waals surface area contributed by atoms with Crippen molar-refractivity contribution in [3.8, 4) is 0 Å². The summed E-state index contributed by atoms with van der Waals surface area (Å²) in [6.45, 7) is 4.04. The van der Waals surface area contributed by atoms with Crippen molar-refractivity contribution in [1.82, 2.24) is 21.1 Å². The fraction of sp³-hybridized carbons (Fsp3) is 0.318. The molecule has 0 bridgehead atoms. The van der Waals surface area contributed by atoms with Crippen molar-refractivity contribution >= 4 is 23.4 Å². The summed E-state index contributed by atoms with van der Waals surface area (Å²) in [5.41, 5.74) is 6.41. The third kappa shape index (κ3) is 6.59. The number of anilines is 1. The molecule has 0 aliphatic carbocycles. The van der Waals surface area contributed by atoms with E-state index >= 15 is 0 Å². The smallest absolute Gasteiger partial charge is 0.257 e. The van der Waals surface area contributed by atoms with E-state index in [4.69, 9.17) is 0 Å². The van der Waals surface area contributed by atoms with E-state index in [9.17, 15) is 14.4 Å². The first-order chi connectivity index (χ1) is 14.6. The zero-order chi connectivity index (χ0) is 21.2. The third-order valence-corrected chi connectivity index (χ3v) is 4.94. The van der Waals surface area contributed by atoms with Gasteiger partial charge in [-0.25, -0.2) is 0 Å². The van der Waals surface area contributed by atoms with Crippen LogP contribution in [0.25, 0.3) is 0 Å². The van der Waals surface area contributed by atoms with Gasteiger partial charge in [-0.05, 0) is 24.3 Å². The monoisotopic (exact) mass is 409 g/mol. The molecule has 1 heterocycles. The molecule has 158 valence electrons. The molecule has 8 nitrogen and oxygen atoms in total. The average Bonchev–Trinajstić information content (AvgIpc) is 2.81. The van der Waals surface area contributed by atoms with Gasteiger partial charge < -0.3 is 10.2 Å².